The molecule has 1 atom stereocenters. The van der Waals surface area contributed by atoms with Crippen molar-refractivity contribution in [1.82, 2.24) is 20.2 Å². The summed E-state index contributed by atoms with van der Waals surface area (Å²) in [6, 6.07) is 2.11. The van der Waals surface area contributed by atoms with Gasteiger partial charge < -0.3 is 14.8 Å². The zero-order valence-corrected chi connectivity index (χ0v) is 13.5. The molecule has 10 heteroatoms. The fourth-order valence-corrected chi connectivity index (χ4v) is 2.58. The van der Waals surface area contributed by atoms with E-state index < -0.39 is 23.6 Å². The van der Waals surface area contributed by atoms with Crippen molar-refractivity contribution in [3.8, 4) is 0 Å². The Labute approximate surface area is 141 Å². The van der Waals surface area contributed by atoms with Crippen molar-refractivity contribution in [2.45, 2.75) is 13.0 Å². The summed E-state index contributed by atoms with van der Waals surface area (Å²) in [6.07, 6.45) is 0. The van der Waals surface area contributed by atoms with Crippen molar-refractivity contribution in [3.63, 3.8) is 0 Å². The maximum absolute atomic E-state index is 14.4. The lowest BCUT2D eigenvalue weighted by molar-refractivity contribution is -0.140. The van der Waals surface area contributed by atoms with Gasteiger partial charge in [-0.3, -0.25) is 0 Å². The molecule has 1 aromatic heterocycles. The standard InChI is InChI=1S/C15H15F2N5O3/c1-8-12(14(23)25-6-5-24-2)13(22-15(18-8)19-20-21-22)10-4-3-9(16)7-11(10)17/h3-4,7,13H,5-6H2,1-2H3,(H,18,19,21)/t13-/m1/s1. The largest absolute Gasteiger partial charge is 0.460 e. The minimum Gasteiger partial charge on any atom is -0.460 e. The third-order valence-corrected chi connectivity index (χ3v) is 3.71. The van der Waals surface area contributed by atoms with Crippen molar-refractivity contribution in [2.75, 3.05) is 25.6 Å². The highest BCUT2D eigenvalue weighted by Crippen LogP contribution is 2.36. The van der Waals surface area contributed by atoms with Gasteiger partial charge in [0, 0.05) is 24.4 Å². The van der Waals surface area contributed by atoms with E-state index in [2.05, 4.69) is 20.8 Å². The molecule has 2 aromatic rings. The number of methoxy groups -OCH3 is 1. The Kier molecular flexibility index (Phi) is 4.70. The Balaban J connectivity index is 2.05. The van der Waals surface area contributed by atoms with Gasteiger partial charge in [-0.2, -0.15) is 4.68 Å². The van der Waals surface area contributed by atoms with E-state index in [1.165, 1.54) is 17.9 Å². The second-order valence-corrected chi connectivity index (χ2v) is 5.31. The molecular formula is C15H15F2N5O3. The molecule has 132 valence electrons. The van der Waals surface area contributed by atoms with E-state index in [1.54, 1.807) is 6.92 Å². The number of ether oxygens (including phenoxy) is 2. The van der Waals surface area contributed by atoms with Gasteiger partial charge in [0.2, 0.25) is 5.95 Å². The Morgan fingerprint density at radius 2 is 2.16 bits per heavy atom. The minimum absolute atomic E-state index is 0.0349. The Hall–Kier alpha value is -2.88. The Morgan fingerprint density at radius 3 is 2.88 bits per heavy atom. The molecule has 0 amide bonds. The van der Waals surface area contributed by atoms with Crippen LogP contribution in [0.25, 0.3) is 0 Å². The number of benzene rings is 1. The second kappa shape index (κ2) is 6.93. The van der Waals surface area contributed by atoms with Crippen LogP contribution in [0.3, 0.4) is 0 Å². The molecule has 0 saturated heterocycles. The van der Waals surface area contributed by atoms with Crippen molar-refractivity contribution >= 4 is 11.9 Å². The van der Waals surface area contributed by atoms with Crippen LogP contribution in [0.2, 0.25) is 0 Å². The Morgan fingerprint density at radius 1 is 1.36 bits per heavy atom. The van der Waals surface area contributed by atoms with Crippen LogP contribution in [0.15, 0.2) is 29.5 Å². The summed E-state index contributed by atoms with van der Waals surface area (Å²) in [5, 5.41) is 14.0. The fourth-order valence-electron chi connectivity index (χ4n) is 2.58. The Bertz CT molecular complexity index is 836. The van der Waals surface area contributed by atoms with Gasteiger partial charge in [0.25, 0.3) is 0 Å². The lowest BCUT2D eigenvalue weighted by Crippen LogP contribution is -2.30. The van der Waals surface area contributed by atoms with E-state index in [1.807, 2.05) is 0 Å². The first kappa shape index (κ1) is 17.0. The average Bonchev–Trinajstić information content (AvgIpc) is 3.02. The number of fused-ring (bicyclic) bond motifs is 1. The number of carbonyl (C=O) groups is 1. The van der Waals surface area contributed by atoms with Crippen LogP contribution >= 0.6 is 0 Å². The SMILES string of the molecule is COCCOC(=O)C1=C(C)Nc2nnnn2[C@@H]1c1ccc(F)cc1F. The smallest absolute Gasteiger partial charge is 0.338 e. The maximum Gasteiger partial charge on any atom is 0.338 e. The second-order valence-electron chi connectivity index (χ2n) is 5.31. The molecule has 3 rings (SSSR count). The minimum atomic E-state index is -0.984. The van der Waals surface area contributed by atoms with E-state index in [0.717, 1.165) is 12.1 Å². The highest BCUT2D eigenvalue weighted by Gasteiger charge is 2.36. The van der Waals surface area contributed by atoms with Gasteiger partial charge in [0.05, 0.1) is 12.2 Å². The highest BCUT2D eigenvalue weighted by molar-refractivity contribution is 5.92. The third kappa shape index (κ3) is 3.20. The summed E-state index contributed by atoms with van der Waals surface area (Å²) in [5.74, 6) is -1.98. The van der Waals surface area contributed by atoms with Crippen LogP contribution in [0.4, 0.5) is 14.7 Å². The molecule has 0 radical (unpaired) electrons. The molecule has 0 saturated carbocycles. The first-order valence-corrected chi connectivity index (χ1v) is 7.39. The van der Waals surface area contributed by atoms with E-state index in [4.69, 9.17) is 9.47 Å². The fraction of sp³-hybridized carbons (Fsp3) is 0.333. The van der Waals surface area contributed by atoms with Crippen LogP contribution < -0.4 is 5.32 Å². The number of hydrogen-bond donors (Lipinski definition) is 1. The first-order valence-electron chi connectivity index (χ1n) is 7.39. The number of nitrogens with one attached hydrogen (secondary N) is 1. The van der Waals surface area contributed by atoms with Crippen molar-refractivity contribution < 1.29 is 23.0 Å². The number of anilines is 1. The molecule has 0 fully saturated rings. The van der Waals surface area contributed by atoms with Gasteiger partial charge in [-0.25, -0.2) is 13.6 Å². The van der Waals surface area contributed by atoms with Crippen molar-refractivity contribution in [2.24, 2.45) is 0 Å². The number of rotatable bonds is 5. The molecular weight excluding hydrogens is 336 g/mol. The number of allylic oxidation sites excluding steroid dienone is 1. The van der Waals surface area contributed by atoms with Gasteiger partial charge in [-0.05, 0) is 23.4 Å². The topological polar surface area (TPSA) is 91.2 Å². The van der Waals surface area contributed by atoms with E-state index >= 15 is 0 Å². The number of hydrogen-bond acceptors (Lipinski definition) is 7. The molecule has 0 aliphatic carbocycles. The molecule has 0 bridgehead atoms. The third-order valence-electron chi connectivity index (χ3n) is 3.71. The van der Waals surface area contributed by atoms with Crippen LogP contribution in [0, 0.1) is 11.6 Å². The molecule has 1 N–H and O–H groups in total. The monoisotopic (exact) mass is 351 g/mol. The average molecular weight is 351 g/mol. The van der Waals surface area contributed by atoms with E-state index in [-0.39, 0.29) is 30.3 Å². The molecule has 25 heavy (non-hydrogen) atoms. The van der Waals surface area contributed by atoms with Crippen LogP contribution in [-0.4, -0.2) is 46.5 Å². The summed E-state index contributed by atoms with van der Waals surface area (Å²) in [7, 11) is 1.48. The first-order chi connectivity index (χ1) is 12.0. The summed E-state index contributed by atoms with van der Waals surface area (Å²) in [6.45, 7) is 1.88. The van der Waals surface area contributed by atoms with Gasteiger partial charge >= 0.3 is 5.97 Å². The number of tetrazole rings is 1. The van der Waals surface area contributed by atoms with Gasteiger partial charge in [0.1, 0.15) is 24.3 Å². The number of nitrogens with zero attached hydrogens (tertiary/aromatic N) is 4. The summed E-state index contributed by atoms with van der Waals surface area (Å²) >= 11 is 0. The zero-order valence-electron chi connectivity index (χ0n) is 13.5. The van der Waals surface area contributed by atoms with Gasteiger partial charge in [-0.1, -0.05) is 11.2 Å². The van der Waals surface area contributed by atoms with E-state index in [0.29, 0.717) is 5.70 Å². The van der Waals surface area contributed by atoms with Crippen LogP contribution in [0.5, 0.6) is 0 Å². The molecule has 0 unspecified atom stereocenters. The molecule has 1 aliphatic rings. The van der Waals surface area contributed by atoms with E-state index in [9.17, 15) is 13.6 Å². The van der Waals surface area contributed by atoms with Crippen molar-refractivity contribution in [1.29, 1.82) is 0 Å². The highest BCUT2D eigenvalue weighted by atomic mass is 19.1. The number of esters is 1. The van der Waals surface area contributed by atoms with Crippen LogP contribution in [-0.2, 0) is 14.3 Å². The summed E-state index contributed by atoms with van der Waals surface area (Å²) in [4.78, 5) is 12.5. The summed E-state index contributed by atoms with van der Waals surface area (Å²) < 4.78 is 38.9. The number of carbonyl (C=O) groups excluding carboxylic acids is 1. The lowest BCUT2D eigenvalue weighted by Gasteiger charge is -2.27. The zero-order chi connectivity index (χ0) is 18.0. The maximum atomic E-state index is 14.4. The molecule has 8 nitrogen and oxygen atoms in total. The molecule has 1 aromatic carbocycles. The number of halogens is 2. The normalized spacial score (nSPS) is 16.4. The van der Waals surface area contributed by atoms with Gasteiger partial charge in [0.15, 0.2) is 0 Å². The van der Waals surface area contributed by atoms with Crippen LogP contribution in [0.1, 0.15) is 18.5 Å². The molecule has 0 spiro atoms. The van der Waals surface area contributed by atoms with Gasteiger partial charge in [-0.15, -0.1) is 0 Å². The summed E-state index contributed by atoms with van der Waals surface area (Å²) in [5.41, 5.74) is 0.592. The quantitative estimate of drug-likeness (QED) is 0.644. The molecule has 1 aliphatic heterocycles. The van der Waals surface area contributed by atoms with Crippen molar-refractivity contribution in [3.05, 3.63) is 46.7 Å². The lowest BCUT2D eigenvalue weighted by atomic mass is 9.95. The number of aromatic nitrogens is 4. The predicted octanol–water partition coefficient (Wildman–Crippen LogP) is 1.43. The molecule has 2 heterocycles. The predicted molar refractivity (Wildman–Crippen MR) is 81.5 cm³/mol.